The Labute approximate surface area is 216 Å². The van der Waals surface area contributed by atoms with Gasteiger partial charge in [0.1, 0.15) is 17.5 Å². The van der Waals surface area contributed by atoms with Crippen molar-refractivity contribution in [1.29, 1.82) is 0 Å². The quantitative estimate of drug-likeness (QED) is 0.330. The third-order valence-corrected chi connectivity index (χ3v) is 5.78. The summed E-state index contributed by atoms with van der Waals surface area (Å²) in [5.74, 6) is 0.665. The standard InChI is InChI=1S/C30H29N3O4/c1-36-26-17-15-23(16-18-26)21-33(28(34)22-37-27-13-6-3-7-14-27)29(24-10-4-2-5-11-24)30(35)32-20-25-12-8-9-19-31-25/h2-19,29H,20-22H2,1H3,(H,32,35)/t29-/m1/s1. The summed E-state index contributed by atoms with van der Waals surface area (Å²) in [6.45, 7) is 0.239. The van der Waals surface area contributed by atoms with Crippen LogP contribution in [0, 0.1) is 0 Å². The third-order valence-electron chi connectivity index (χ3n) is 5.78. The molecule has 1 atom stereocenters. The maximum Gasteiger partial charge on any atom is 0.261 e. The number of benzene rings is 3. The van der Waals surface area contributed by atoms with Crippen molar-refractivity contribution in [3.05, 3.63) is 126 Å². The van der Waals surface area contributed by atoms with Gasteiger partial charge in [0.25, 0.3) is 5.91 Å². The molecule has 7 heteroatoms. The van der Waals surface area contributed by atoms with E-state index in [1.807, 2.05) is 91.0 Å². The summed E-state index contributed by atoms with van der Waals surface area (Å²) in [6.07, 6.45) is 1.68. The lowest BCUT2D eigenvalue weighted by molar-refractivity contribution is -0.143. The highest BCUT2D eigenvalue weighted by Gasteiger charge is 2.31. The number of nitrogens with zero attached hydrogens (tertiary/aromatic N) is 2. The van der Waals surface area contributed by atoms with Crippen LogP contribution in [0.2, 0.25) is 0 Å². The summed E-state index contributed by atoms with van der Waals surface area (Å²) >= 11 is 0. The largest absolute Gasteiger partial charge is 0.497 e. The van der Waals surface area contributed by atoms with Crippen LogP contribution in [0.3, 0.4) is 0 Å². The molecule has 37 heavy (non-hydrogen) atoms. The number of hydrogen-bond donors (Lipinski definition) is 1. The smallest absolute Gasteiger partial charge is 0.261 e. The molecule has 0 aliphatic rings. The Kier molecular flexibility index (Phi) is 8.86. The molecule has 3 aromatic carbocycles. The molecule has 0 saturated carbocycles. The first-order chi connectivity index (χ1) is 18.1. The Balaban J connectivity index is 1.63. The molecule has 4 aromatic rings. The average Bonchev–Trinajstić information content (AvgIpc) is 2.96. The van der Waals surface area contributed by atoms with E-state index in [1.165, 1.54) is 0 Å². The predicted molar refractivity (Wildman–Crippen MR) is 141 cm³/mol. The fourth-order valence-electron chi connectivity index (χ4n) is 3.88. The number of ether oxygens (including phenoxy) is 2. The van der Waals surface area contributed by atoms with Crippen molar-refractivity contribution in [3.8, 4) is 11.5 Å². The Bertz CT molecular complexity index is 1270. The van der Waals surface area contributed by atoms with E-state index in [-0.39, 0.29) is 31.5 Å². The van der Waals surface area contributed by atoms with Crippen LogP contribution in [0.25, 0.3) is 0 Å². The van der Waals surface area contributed by atoms with Crippen molar-refractivity contribution in [2.75, 3.05) is 13.7 Å². The van der Waals surface area contributed by atoms with Gasteiger partial charge in [0.15, 0.2) is 6.61 Å². The van der Waals surface area contributed by atoms with E-state index >= 15 is 0 Å². The summed E-state index contributed by atoms with van der Waals surface area (Å²) in [5, 5.41) is 2.95. The highest BCUT2D eigenvalue weighted by molar-refractivity contribution is 5.89. The molecule has 188 valence electrons. The summed E-state index contributed by atoms with van der Waals surface area (Å²) in [5.41, 5.74) is 2.28. The Hall–Kier alpha value is -4.65. The highest BCUT2D eigenvalue weighted by atomic mass is 16.5. The SMILES string of the molecule is COc1ccc(CN(C(=O)COc2ccccc2)[C@@H](C(=O)NCc2ccccn2)c2ccccc2)cc1. The molecule has 0 aliphatic carbocycles. The monoisotopic (exact) mass is 495 g/mol. The number of para-hydroxylation sites is 1. The van der Waals surface area contributed by atoms with Crippen molar-refractivity contribution < 1.29 is 19.1 Å². The number of amides is 2. The van der Waals surface area contributed by atoms with E-state index in [0.717, 1.165) is 11.3 Å². The van der Waals surface area contributed by atoms with Gasteiger partial charge in [-0.2, -0.15) is 0 Å². The van der Waals surface area contributed by atoms with Gasteiger partial charge >= 0.3 is 0 Å². The number of nitrogens with one attached hydrogen (secondary N) is 1. The zero-order chi connectivity index (χ0) is 25.9. The lowest BCUT2D eigenvalue weighted by atomic mass is 10.0. The molecule has 0 saturated heterocycles. The van der Waals surface area contributed by atoms with Gasteiger partial charge in [-0.05, 0) is 47.5 Å². The van der Waals surface area contributed by atoms with E-state index in [4.69, 9.17) is 9.47 Å². The Morgan fingerprint density at radius 1 is 0.838 bits per heavy atom. The van der Waals surface area contributed by atoms with Gasteiger partial charge in [0.05, 0.1) is 19.3 Å². The first-order valence-electron chi connectivity index (χ1n) is 12.0. The molecule has 0 fully saturated rings. The van der Waals surface area contributed by atoms with E-state index in [9.17, 15) is 9.59 Å². The van der Waals surface area contributed by atoms with Crippen LogP contribution in [-0.4, -0.2) is 35.4 Å². The van der Waals surface area contributed by atoms with Gasteiger partial charge < -0.3 is 19.7 Å². The second-order valence-corrected chi connectivity index (χ2v) is 8.32. The molecule has 0 bridgehead atoms. The molecule has 0 radical (unpaired) electrons. The lowest BCUT2D eigenvalue weighted by Crippen LogP contribution is -2.45. The number of carbonyl (C=O) groups is 2. The van der Waals surface area contributed by atoms with E-state index in [0.29, 0.717) is 17.1 Å². The zero-order valence-electron chi connectivity index (χ0n) is 20.6. The average molecular weight is 496 g/mol. The number of aromatic nitrogens is 1. The predicted octanol–water partition coefficient (Wildman–Crippen LogP) is 4.56. The number of rotatable bonds is 11. The van der Waals surface area contributed by atoms with Crippen LogP contribution in [0.15, 0.2) is 109 Å². The number of pyridine rings is 1. The summed E-state index contributed by atoms with van der Waals surface area (Å²) in [4.78, 5) is 33.1. The van der Waals surface area contributed by atoms with E-state index < -0.39 is 6.04 Å². The van der Waals surface area contributed by atoms with Crippen LogP contribution in [-0.2, 0) is 22.7 Å². The van der Waals surface area contributed by atoms with Crippen LogP contribution in [0.5, 0.6) is 11.5 Å². The molecule has 0 aliphatic heterocycles. The van der Waals surface area contributed by atoms with Gasteiger partial charge in [-0.3, -0.25) is 14.6 Å². The summed E-state index contributed by atoms with van der Waals surface area (Å²) in [6, 6.07) is 30.5. The molecule has 4 rings (SSSR count). The van der Waals surface area contributed by atoms with Crippen LogP contribution in [0.4, 0.5) is 0 Å². The minimum absolute atomic E-state index is 0.206. The number of carbonyl (C=O) groups excluding carboxylic acids is 2. The summed E-state index contributed by atoms with van der Waals surface area (Å²) < 4.78 is 11.0. The first-order valence-corrected chi connectivity index (χ1v) is 12.0. The van der Waals surface area contributed by atoms with Crippen LogP contribution >= 0.6 is 0 Å². The van der Waals surface area contributed by atoms with Crippen molar-refractivity contribution >= 4 is 11.8 Å². The molecule has 2 amide bonds. The van der Waals surface area contributed by atoms with Crippen molar-refractivity contribution in [2.45, 2.75) is 19.1 Å². The molecular weight excluding hydrogens is 466 g/mol. The zero-order valence-corrected chi connectivity index (χ0v) is 20.6. The molecule has 1 heterocycles. The van der Waals surface area contributed by atoms with Crippen molar-refractivity contribution in [2.24, 2.45) is 0 Å². The summed E-state index contributed by atoms with van der Waals surface area (Å²) in [7, 11) is 1.60. The topological polar surface area (TPSA) is 80.8 Å². The normalized spacial score (nSPS) is 11.3. The molecule has 0 unspecified atom stereocenters. The highest BCUT2D eigenvalue weighted by Crippen LogP contribution is 2.25. The van der Waals surface area contributed by atoms with E-state index in [1.54, 1.807) is 30.3 Å². The molecule has 1 N–H and O–H groups in total. The second-order valence-electron chi connectivity index (χ2n) is 8.32. The van der Waals surface area contributed by atoms with Crippen LogP contribution < -0.4 is 14.8 Å². The molecule has 7 nitrogen and oxygen atoms in total. The Morgan fingerprint density at radius 2 is 1.51 bits per heavy atom. The lowest BCUT2D eigenvalue weighted by Gasteiger charge is -2.31. The maximum absolute atomic E-state index is 13.6. The van der Waals surface area contributed by atoms with Crippen molar-refractivity contribution in [1.82, 2.24) is 15.2 Å². The van der Waals surface area contributed by atoms with Crippen molar-refractivity contribution in [3.63, 3.8) is 0 Å². The van der Waals surface area contributed by atoms with Gasteiger partial charge in [-0.25, -0.2) is 0 Å². The van der Waals surface area contributed by atoms with Crippen LogP contribution in [0.1, 0.15) is 22.9 Å². The molecular formula is C30H29N3O4. The minimum atomic E-state index is -0.876. The maximum atomic E-state index is 13.6. The fourth-order valence-corrected chi connectivity index (χ4v) is 3.88. The van der Waals surface area contributed by atoms with Gasteiger partial charge in [-0.1, -0.05) is 66.7 Å². The Morgan fingerprint density at radius 3 is 2.16 bits per heavy atom. The molecule has 1 aromatic heterocycles. The third kappa shape index (κ3) is 7.18. The fraction of sp³-hybridized carbons (Fsp3) is 0.167. The van der Waals surface area contributed by atoms with E-state index in [2.05, 4.69) is 10.3 Å². The van der Waals surface area contributed by atoms with Gasteiger partial charge in [0.2, 0.25) is 5.91 Å². The second kappa shape index (κ2) is 12.9. The minimum Gasteiger partial charge on any atom is -0.497 e. The molecule has 0 spiro atoms. The van der Waals surface area contributed by atoms with Gasteiger partial charge in [0, 0.05) is 12.7 Å². The number of methoxy groups -OCH3 is 1. The first kappa shape index (κ1) is 25.4. The van der Waals surface area contributed by atoms with Gasteiger partial charge in [-0.15, -0.1) is 0 Å². The number of hydrogen-bond acceptors (Lipinski definition) is 5.